The Hall–Kier alpha value is -1.05. The first kappa shape index (κ1) is 20.0. The second kappa shape index (κ2) is 8.70. The average molecular weight is 435 g/mol. The van der Waals surface area contributed by atoms with Gasteiger partial charge in [0.05, 0.1) is 6.61 Å². The molecule has 0 saturated carbocycles. The number of halogens is 2. The SMILES string of the molecule is CCOc1ccc(CNC(=NC)N2CCC(C)(C)C2)cc1F.I. The summed E-state index contributed by atoms with van der Waals surface area (Å²) in [4.78, 5) is 6.59. The fourth-order valence-electron chi connectivity index (χ4n) is 2.73. The summed E-state index contributed by atoms with van der Waals surface area (Å²) in [7, 11) is 1.78. The smallest absolute Gasteiger partial charge is 0.193 e. The second-order valence-electron chi connectivity index (χ2n) is 6.43. The lowest BCUT2D eigenvalue weighted by molar-refractivity contribution is 0.321. The van der Waals surface area contributed by atoms with Crippen LogP contribution < -0.4 is 10.1 Å². The van der Waals surface area contributed by atoms with Gasteiger partial charge in [-0.1, -0.05) is 19.9 Å². The van der Waals surface area contributed by atoms with E-state index in [9.17, 15) is 4.39 Å². The number of aliphatic imine (C=N–C) groups is 1. The maximum Gasteiger partial charge on any atom is 0.193 e. The van der Waals surface area contributed by atoms with Crippen molar-refractivity contribution in [1.29, 1.82) is 0 Å². The second-order valence-corrected chi connectivity index (χ2v) is 6.43. The van der Waals surface area contributed by atoms with Gasteiger partial charge in [0, 0.05) is 26.7 Å². The molecule has 6 heteroatoms. The van der Waals surface area contributed by atoms with E-state index in [0.717, 1.165) is 31.0 Å². The van der Waals surface area contributed by atoms with Crippen molar-refractivity contribution in [2.45, 2.75) is 33.7 Å². The highest BCUT2D eigenvalue weighted by molar-refractivity contribution is 14.0. The normalized spacial score (nSPS) is 16.9. The monoisotopic (exact) mass is 435 g/mol. The minimum Gasteiger partial charge on any atom is -0.491 e. The minimum atomic E-state index is -0.321. The first-order valence-electron chi connectivity index (χ1n) is 7.82. The molecule has 4 nitrogen and oxygen atoms in total. The van der Waals surface area contributed by atoms with E-state index in [1.807, 2.05) is 13.0 Å². The number of likely N-dealkylation sites (tertiary alicyclic amines) is 1. The van der Waals surface area contributed by atoms with E-state index in [-0.39, 0.29) is 29.8 Å². The molecule has 0 radical (unpaired) electrons. The summed E-state index contributed by atoms with van der Waals surface area (Å²) in [6.45, 7) is 9.38. The molecule has 1 heterocycles. The molecule has 0 unspecified atom stereocenters. The van der Waals surface area contributed by atoms with Crippen molar-refractivity contribution in [2.24, 2.45) is 10.4 Å². The molecule has 1 N–H and O–H groups in total. The van der Waals surface area contributed by atoms with Gasteiger partial charge in [-0.15, -0.1) is 24.0 Å². The molecule has 2 rings (SSSR count). The molecule has 0 aromatic heterocycles. The predicted octanol–water partition coefficient (Wildman–Crippen LogP) is 3.65. The zero-order chi connectivity index (χ0) is 16.2. The maximum atomic E-state index is 13.9. The van der Waals surface area contributed by atoms with Crippen LogP contribution in [0, 0.1) is 11.2 Å². The quantitative estimate of drug-likeness (QED) is 0.446. The van der Waals surface area contributed by atoms with Gasteiger partial charge >= 0.3 is 0 Å². The standard InChI is InChI=1S/C17H26FN3O.HI/c1-5-22-15-7-6-13(10-14(15)18)11-20-16(19-4)21-9-8-17(2,3)12-21;/h6-7,10H,5,8-9,11-12H2,1-4H3,(H,19,20);1H. The van der Waals surface area contributed by atoms with E-state index < -0.39 is 0 Å². The van der Waals surface area contributed by atoms with Gasteiger partial charge in [-0.2, -0.15) is 0 Å². The molecule has 0 bridgehead atoms. The highest BCUT2D eigenvalue weighted by Crippen LogP contribution is 2.28. The molecule has 1 aromatic carbocycles. The summed E-state index contributed by atoms with van der Waals surface area (Å²) in [5.41, 5.74) is 1.20. The van der Waals surface area contributed by atoms with Gasteiger partial charge in [-0.05, 0) is 36.5 Å². The van der Waals surface area contributed by atoms with Crippen molar-refractivity contribution in [3.8, 4) is 5.75 Å². The minimum absolute atomic E-state index is 0. The molecule has 23 heavy (non-hydrogen) atoms. The van der Waals surface area contributed by atoms with Crippen molar-refractivity contribution >= 4 is 29.9 Å². The summed E-state index contributed by atoms with van der Waals surface area (Å²) in [6, 6.07) is 5.07. The summed E-state index contributed by atoms with van der Waals surface area (Å²) in [5.74, 6) is 0.857. The van der Waals surface area contributed by atoms with E-state index in [2.05, 4.69) is 29.1 Å². The van der Waals surface area contributed by atoms with Gasteiger partial charge in [-0.3, -0.25) is 4.99 Å². The van der Waals surface area contributed by atoms with E-state index in [1.54, 1.807) is 13.1 Å². The van der Waals surface area contributed by atoms with E-state index in [0.29, 0.717) is 24.3 Å². The summed E-state index contributed by atoms with van der Waals surface area (Å²) < 4.78 is 19.1. The first-order chi connectivity index (χ1) is 10.4. The van der Waals surface area contributed by atoms with Gasteiger partial charge in [0.2, 0.25) is 0 Å². The van der Waals surface area contributed by atoms with Gasteiger partial charge in [0.15, 0.2) is 17.5 Å². The molecule has 0 spiro atoms. The van der Waals surface area contributed by atoms with Gasteiger partial charge in [0.25, 0.3) is 0 Å². The number of rotatable bonds is 4. The lowest BCUT2D eigenvalue weighted by Crippen LogP contribution is -2.40. The highest BCUT2D eigenvalue weighted by Gasteiger charge is 2.30. The molecular weight excluding hydrogens is 408 g/mol. The van der Waals surface area contributed by atoms with Crippen molar-refractivity contribution in [1.82, 2.24) is 10.2 Å². The van der Waals surface area contributed by atoms with Crippen LogP contribution in [-0.2, 0) is 6.54 Å². The Balaban J connectivity index is 0.00000264. The summed E-state index contributed by atoms with van der Waals surface area (Å²) >= 11 is 0. The average Bonchev–Trinajstić information content (AvgIpc) is 2.83. The third-order valence-electron chi connectivity index (χ3n) is 3.94. The zero-order valence-corrected chi connectivity index (χ0v) is 16.7. The Labute approximate surface area is 155 Å². The number of hydrogen-bond acceptors (Lipinski definition) is 2. The van der Waals surface area contributed by atoms with Crippen molar-refractivity contribution < 1.29 is 9.13 Å². The maximum absolute atomic E-state index is 13.9. The first-order valence-corrected chi connectivity index (χ1v) is 7.82. The fraction of sp³-hybridized carbons (Fsp3) is 0.588. The number of nitrogens with zero attached hydrogens (tertiary/aromatic N) is 2. The highest BCUT2D eigenvalue weighted by atomic mass is 127. The summed E-state index contributed by atoms with van der Waals surface area (Å²) in [5, 5.41) is 3.31. The lowest BCUT2D eigenvalue weighted by Gasteiger charge is -2.23. The number of benzene rings is 1. The Morgan fingerprint density at radius 1 is 1.43 bits per heavy atom. The fourth-order valence-corrected chi connectivity index (χ4v) is 2.73. The van der Waals surface area contributed by atoms with Crippen molar-refractivity contribution in [3.63, 3.8) is 0 Å². The van der Waals surface area contributed by atoms with Crippen LogP contribution in [0.2, 0.25) is 0 Å². The molecule has 1 fully saturated rings. The van der Waals surface area contributed by atoms with Crippen molar-refractivity contribution in [3.05, 3.63) is 29.6 Å². The molecule has 0 atom stereocenters. The Kier molecular flexibility index (Phi) is 7.57. The number of nitrogens with one attached hydrogen (secondary N) is 1. The molecule has 130 valence electrons. The third-order valence-corrected chi connectivity index (χ3v) is 3.94. The Morgan fingerprint density at radius 3 is 2.70 bits per heavy atom. The third kappa shape index (κ3) is 5.51. The van der Waals surface area contributed by atoms with Crippen molar-refractivity contribution in [2.75, 3.05) is 26.7 Å². The van der Waals surface area contributed by atoms with Crippen LogP contribution in [0.1, 0.15) is 32.8 Å². The Morgan fingerprint density at radius 2 is 2.17 bits per heavy atom. The topological polar surface area (TPSA) is 36.9 Å². The van der Waals surface area contributed by atoms with E-state index in [1.165, 1.54) is 6.07 Å². The molecule has 1 aromatic rings. The van der Waals surface area contributed by atoms with Crippen LogP contribution in [0.15, 0.2) is 23.2 Å². The number of guanidine groups is 1. The zero-order valence-electron chi connectivity index (χ0n) is 14.4. The van der Waals surface area contributed by atoms with Crippen LogP contribution >= 0.6 is 24.0 Å². The van der Waals surface area contributed by atoms with Crippen LogP contribution in [0.5, 0.6) is 5.75 Å². The largest absolute Gasteiger partial charge is 0.491 e. The lowest BCUT2D eigenvalue weighted by atomic mass is 9.93. The molecule has 0 aliphatic carbocycles. The molecule has 0 amide bonds. The van der Waals surface area contributed by atoms with Gasteiger partial charge < -0.3 is 15.0 Å². The predicted molar refractivity (Wildman–Crippen MR) is 103 cm³/mol. The van der Waals surface area contributed by atoms with Crippen LogP contribution in [-0.4, -0.2) is 37.6 Å². The number of hydrogen-bond donors (Lipinski definition) is 1. The molecule has 1 saturated heterocycles. The Bertz CT molecular complexity index is 549. The molecule has 1 aliphatic heterocycles. The molecule has 1 aliphatic rings. The van der Waals surface area contributed by atoms with Crippen LogP contribution in [0.4, 0.5) is 4.39 Å². The summed E-state index contributed by atoms with van der Waals surface area (Å²) in [6.07, 6.45) is 1.16. The van der Waals surface area contributed by atoms with E-state index in [4.69, 9.17) is 4.74 Å². The van der Waals surface area contributed by atoms with Gasteiger partial charge in [0.1, 0.15) is 0 Å². The van der Waals surface area contributed by atoms with Crippen LogP contribution in [0.3, 0.4) is 0 Å². The van der Waals surface area contributed by atoms with Crippen LogP contribution in [0.25, 0.3) is 0 Å². The number of ether oxygens (including phenoxy) is 1. The van der Waals surface area contributed by atoms with Gasteiger partial charge in [-0.25, -0.2) is 4.39 Å². The van der Waals surface area contributed by atoms with E-state index >= 15 is 0 Å². The molecular formula is C17H27FIN3O.